The lowest BCUT2D eigenvalue weighted by molar-refractivity contribution is 0.0240. The first-order valence-electron chi connectivity index (χ1n) is 14.1. The van der Waals surface area contributed by atoms with Crippen LogP contribution in [0.2, 0.25) is 0 Å². The van der Waals surface area contributed by atoms with Crippen molar-refractivity contribution in [3.05, 3.63) is 30.2 Å². The van der Waals surface area contributed by atoms with Gasteiger partial charge in [0.05, 0.1) is 24.1 Å². The second-order valence-corrected chi connectivity index (χ2v) is 11.7. The Morgan fingerprint density at radius 3 is 2.44 bits per heavy atom. The maximum absolute atomic E-state index is 12.5. The third-order valence-corrected chi connectivity index (χ3v) is 7.54. The van der Waals surface area contributed by atoms with Gasteiger partial charge in [0.2, 0.25) is 0 Å². The zero-order valence-corrected chi connectivity index (χ0v) is 24.2. The molecule has 1 atom stereocenters. The molecule has 41 heavy (non-hydrogen) atoms. The molecule has 2 aromatic rings. The quantitative estimate of drug-likeness (QED) is 0.580. The largest absolute Gasteiger partial charge is 0.444 e. The van der Waals surface area contributed by atoms with E-state index in [4.69, 9.17) is 9.72 Å². The molecule has 1 N–H and O–H groups in total. The number of ether oxygens (including phenoxy) is 1. The van der Waals surface area contributed by atoms with Crippen LogP contribution >= 0.6 is 0 Å². The van der Waals surface area contributed by atoms with Crippen LogP contribution in [-0.4, -0.2) is 113 Å². The van der Waals surface area contributed by atoms with Crippen molar-refractivity contribution in [3.63, 3.8) is 0 Å². The fraction of sp³-hybridized carbons (Fsp3) is 0.571. The molecule has 218 valence electrons. The zero-order chi connectivity index (χ0) is 29.1. The first-order chi connectivity index (χ1) is 19.6. The van der Waals surface area contributed by atoms with Crippen LogP contribution in [0, 0.1) is 11.3 Å². The lowest BCUT2D eigenvalue weighted by Gasteiger charge is -2.37. The summed E-state index contributed by atoms with van der Waals surface area (Å²) < 4.78 is 5.48. The highest BCUT2D eigenvalue weighted by atomic mass is 16.6. The van der Waals surface area contributed by atoms with Crippen LogP contribution < -0.4 is 15.1 Å². The van der Waals surface area contributed by atoms with E-state index in [2.05, 4.69) is 31.2 Å². The number of aromatic nitrogens is 3. The summed E-state index contributed by atoms with van der Waals surface area (Å²) in [5.74, 6) is 1.84. The summed E-state index contributed by atoms with van der Waals surface area (Å²) in [5.41, 5.74) is 0.363. The maximum atomic E-state index is 12.5. The molecule has 0 aromatic carbocycles. The van der Waals surface area contributed by atoms with E-state index in [0.717, 1.165) is 38.3 Å². The summed E-state index contributed by atoms with van der Waals surface area (Å²) in [6.45, 7) is 11.0. The maximum Gasteiger partial charge on any atom is 0.410 e. The number of hydrogen-bond donors (Lipinski definition) is 1. The second kappa shape index (κ2) is 11.6. The predicted octanol–water partition coefficient (Wildman–Crippen LogP) is 2.88. The van der Waals surface area contributed by atoms with Crippen LogP contribution in [0.4, 0.5) is 32.7 Å². The summed E-state index contributed by atoms with van der Waals surface area (Å²) in [7, 11) is 1.83. The monoisotopic (exact) mass is 562 g/mol. The third kappa shape index (κ3) is 6.53. The van der Waals surface area contributed by atoms with E-state index in [1.807, 2.05) is 44.9 Å². The Labute approximate surface area is 240 Å². The van der Waals surface area contributed by atoms with Crippen LogP contribution in [0.1, 0.15) is 39.3 Å². The van der Waals surface area contributed by atoms with E-state index >= 15 is 0 Å². The van der Waals surface area contributed by atoms with Gasteiger partial charge >= 0.3 is 12.1 Å². The number of piperazine rings is 1. The minimum atomic E-state index is -0.518. The summed E-state index contributed by atoms with van der Waals surface area (Å²) in [5, 5.41) is 12.9. The number of nitrogens with zero attached hydrogens (tertiary/aromatic N) is 9. The standard InChI is InChI=1S/C28H38N10O3/c1-28(2,3)41-27(40)36-13-11-35(12-14-36)23-8-7-20(17-31-23)32-25-22(16-29)30-18-24(33-25)37-9-5-6-21(19-37)38-15-10-34(4)26(38)39/h7-8,17-18,21H,5-6,9-15,19H2,1-4H3,(H,32,33)/t21-/m1/s1. The zero-order valence-electron chi connectivity index (χ0n) is 24.2. The van der Waals surface area contributed by atoms with Gasteiger partial charge in [-0.3, -0.25) is 0 Å². The van der Waals surface area contributed by atoms with Crippen molar-refractivity contribution in [2.24, 2.45) is 0 Å². The van der Waals surface area contributed by atoms with Gasteiger partial charge in [-0.1, -0.05) is 0 Å². The van der Waals surface area contributed by atoms with Gasteiger partial charge in [0.1, 0.15) is 23.3 Å². The highest BCUT2D eigenvalue weighted by molar-refractivity contribution is 5.76. The number of likely N-dealkylation sites (N-methyl/N-ethyl adjacent to an activating group) is 1. The van der Waals surface area contributed by atoms with Crippen LogP contribution in [0.5, 0.6) is 0 Å². The van der Waals surface area contributed by atoms with Crippen molar-refractivity contribution < 1.29 is 14.3 Å². The van der Waals surface area contributed by atoms with Crippen molar-refractivity contribution in [1.29, 1.82) is 5.26 Å². The molecular weight excluding hydrogens is 524 g/mol. The van der Waals surface area contributed by atoms with Gasteiger partial charge in [-0.05, 0) is 45.7 Å². The summed E-state index contributed by atoms with van der Waals surface area (Å²) in [4.78, 5) is 48.3. The van der Waals surface area contributed by atoms with Crippen molar-refractivity contribution in [2.45, 2.75) is 45.3 Å². The molecule has 3 fully saturated rings. The van der Waals surface area contributed by atoms with Gasteiger partial charge in [-0.2, -0.15) is 5.26 Å². The Hall–Kier alpha value is -4.34. The van der Waals surface area contributed by atoms with Crippen LogP contribution in [0.3, 0.4) is 0 Å². The molecule has 0 saturated carbocycles. The Morgan fingerprint density at radius 1 is 1.02 bits per heavy atom. The number of amides is 3. The molecule has 3 saturated heterocycles. The number of carbonyl (C=O) groups excluding carboxylic acids is 2. The predicted molar refractivity (Wildman–Crippen MR) is 154 cm³/mol. The molecule has 5 heterocycles. The lowest BCUT2D eigenvalue weighted by Crippen LogP contribution is -2.50. The van der Waals surface area contributed by atoms with E-state index in [-0.39, 0.29) is 23.9 Å². The van der Waals surface area contributed by atoms with Gasteiger partial charge in [-0.25, -0.2) is 24.5 Å². The van der Waals surface area contributed by atoms with E-state index in [1.165, 1.54) is 0 Å². The van der Waals surface area contributed by atoms with E-state index in [1.54, 1.807) is 22.2 Å². The molecule has 3 aliphatic heterocycles. The van der Waals surface area contributed by atoms with Crippen molar-refractivity contribution in [1.82, 2.24) is 29.7 Å². The molecule has 3 amide bonds. The number of urea groups is 1. The number of nitrogens with one attached hydrogen (secondary N) is 1. The van der Waals surface area contributed by atoms with Gasteiger partial charge < -0.3 is 34.6 Å². The second-order valence-electron chi connectivity index (χ2n) is 11.7. The van der Waals surface area contributed by atoms with Gasteiger partial charge in [-0.15, -0.1) is 0 Å². The molecule has 5 rings (SSSR count). The molecular formula is C28H38N10O3. The minimum absolute atomic E-state index is 0.0750. The smallest absolute Gasteiger partial charge is 0.410 e. The molecule has 2 aromatic heterocycles. The topological polar surface area (TPSA) is 134 Å². The van der Waals surface area contributed by atoms with E-state index in [9.17, 15) is 14.9 Å². The van der Waals surface area contributed by atoms with Gasteiger partial charge in [0, 0.05) is 59.4 Å². The van der Waals surface area contributed by atoms with Crippen molar-refractivity contribution >= 4 is 35.3 Å². The van der Waals surface area contributed by atoms with E-state index in [0.29, 0.717) is 50.0 Å². The Balaban J connectivity index is 1.22. The molecule has 0 bridgehead atoms. The van der Waals surface area contributed by atoms with Crippen LogP contribution in [0.25, 0.3) is 0 Å². The van der Waals surface area contributed by atoms with Crippen LogP contribution in [0.15, 0.2) is 24.5 Å². The number of anilines is 4. The SMILES string of the molecule is CN1CCN([C@@H]2CCCN(c3cnc(C#N)c(Nc4ccc(N5CCN(C(=O)OC(C)(C)C)CC5)nc4)n3)C2)C1=O. The first-order valence-corrected chi connectivity index (χ1v) is 14.1. The van der Waals surface area contributed by atoms with Crippen molar-refractivity contribution in [3.8, 4) is 6.07 Å². The van der Waals surface area contributed by atoms with Gasteiger partial charge in [0.25, 0.3) is 0 Å². The highest BCUT2D eigenvalue weighted by Gasteiger charge is 2.34. The number of rotatable bonds is 5. The van der Waals surface area contributed by atoms with Gasteiger partial charge in [0.15, 0.2) is 11.5 Å². The molecule has 0 spiro atoms. The Morgan fingerprint density at radius 2 is 1.80 bits per heavy atom. The molecule has 0 radical (unpaired) electrons. The average Bonchev–Trinajstić information content (AvgIpc) is 3.30. The number of carbonyl (C=O) groups is 2. The average molecular weight is 563 g/mol. The molecule has 0 aliphatic carbocycles. The van der Waals surface area contributed by atoms with Crippen LogP contribution in [-0.2, 0) is 4.74 Å². The highest BCUT2D eigenvalue weighted by Crippen LogP contribution is 2.26. The number of nitriles is 1. The molecule has 3 aliphatic rings. The normalized spacial score (nSPS) is 19.8. The summed E-state index contributed by atoms with van der Waals surface area (Å²) >= 11 is 0. The summed E-state index contributed by atoms with van der Waals surface area (Å²) in [6, 6.07) is 6.12. The Kier molecular flexibility index (Phi) is 8.01. The number of piperidine rings is 1. The molecule has 13 heteroatoms. The fourth-order valence-electron chi connectivity index (χ4n) is 5.35. The summed E-state index contributed by atoms with van der Waals surface area (Å²) in [6.07, 6.45) is 4.94. The Bertz CT molecular complexity index is 1300. The molecule has 0 unspecified atom stereocenters. The number of pyridine rings is 1. The lowest BCUT2D eigenvalue weighted by atomic mass is 10.0. The minimum Gasteiger partial charge on any atom is -0.444 e. The fourth-order valence-corrected chi connectivity index (χ4v) is 5.35. The third-order valence-electron chi connectivity index (χ3n) is 7.54. The molecule has 13 nitrogen and oxygen atoms in total. The first kappa shape index (κ1) is 28.2. The van der Waals surface area contributed by atoms with E-state index < -0.39 is 5.60 Å². The van der Waals surface area contributed by atoms with Crippen molar-refractivity contribution in [2.75, 3.05) is 74.5 Å². The number of hydrogen-bond acceptors (Lipinski definition) is 10.